The zero-order valence-corrected chi connectivity index (χ0v) is 9.77. The van der Waals surface area contributed by atoms with E-state index < -0.39 is 12.0 Å². The number of amides is 2. The second-order valence-corrected chi connectivity index (χ2v) is 4.12. The van der Waals surface area contributed by atoms with Crippen molar-refractivity contribution in [2.45, 2.75) is 20.0 Å². The molecule has 5 nitrogen and oxygen atoms in total. The predicted octanol–water partition coefficient (Wildman–Crippen LogP) is 0.594. The highest BCUT2D eigenvalue weighted by Crippen LogP contribution is 2.34. The summed E-state index contributed by atoms with van der Waals surface area (Å²) in [5.41, 5.74) is 6.75. The van der Waals surface area contributed by atoms with E-state index in [0.29, 0.717) is 11.4 Å². The molecule has 1 atom stereocenters. The Bertz CT molecular complexity index is 485. The fourth-order valence-corrected chi connectivity index (χ4v) is 1.84. The summed E-state index contributed by atoms with van der Waals surface area (Å²) in [7, 11) is 0. The first-order chi connectivity index (χ1) is 7.99. The molecule has 2 amide bonds. The number of nitrogens with zero attached hydrogens (tertiary/aromatic N) is 1. The molecule has 1 aliphatic heterocycles. The number of ether oxygens (including phenoxy) is 1. The van der Waals surface area contributed by atoms with Gasteiger partial charge < -0.3 is 10.5 Å². The summed E-state index contributed by atoms with van der Waals surface area (Å²) >= 11 is 0. The minimum absolute atomic E-state index is 0.122. The van der Waals surface area contributed by atoms with Crippen LogP contribution in [0.25, 0.3) is 0 Å². The number of aryl methyl sites for hydroxylation is 1. The quantitative estimate of drug-likeness (QED) is 0.814. The van der Waals surface area contributed by atoms with Gasteiger partial charge in [0, 0.05) is 0 Å². The lowest BCUT2D eigenvalue weighted by Crippen LogP contribution is -2.47. The molecule has 1 heterocycles. The smallest absolute Gasteiger partial charge is 0.268 e. The van der Waals surface area contributed by atoms with E-state index in [1.54, 1.807) is 13.0 Å². The van der Waals surface area contributed by atoms with Crippen LogP contribution in [0, 0.1) is 6.92 Å². The zero-order chi connectivity index (χ0) is 12.6. The maximum absolute atomic E-state index is 11.9. The first-order valence-corrected chi connectivity index (χ1v) is 5.36. The SMILES string of the molecule is Cc1ccc2c(c1)N(CC(N)=O)C(=O)[C@H](C)O2. The van der Waals surface area contributed by atoms with Crippen LogP contribution in [0.2, 0.25) is 0 Å². The first-order valence-electron chi connectivity index (χ1n) is 5.36. The van der Waals surface area contributed by atoms with E-state index in [9.17, 15) is 9.59 Å². The van der Waals surface area contributed by atoms with Gasteiger partial charge in [0.25, 0.3) is 5.91 Å². The summed E-state index contributed by atoms with van der Waals surface area (Å²) in [6, 6.07) is 5.49. The van der Waals surface area contributed by atoms with Gasteiger partial charge in [-0.1, -0.05) is 6.07 Å². The van der Waals surface area contributed by atoms with E-state index in [-0.39, 0.29) is 12.5 Å². The minimum Gasteiger partial charge on any atom is -0.479 e. The van der Waals surface area contributed by atoms with Gasteiger partial charge in [-0.15, -0.1) is 0 Å². The maximum Gasteiger partial charge on any atom is 0.268 e. The van der Waals surface area contributed by atoms with Gasteiger partial charge in [0.1, 0.15) is 12.3 Å². The molecule has 17 heavy (non-hydrogen) atoms. The van der Waals surface area contributed by atoms with Gasteiger partial charge >= 0.3 is 0 Å². The van der Waals surface area contributed by atoms with Crippen LogP contribution in [0.15, 0.2) is 18.2 Å². The summed E-state index contributed by atoms with van der Waals surface area (Å²) < 4.78 is 5.47. The number of nitrogens with two attached hydrogens (primary N) is 1. The number of fused-ring (bicyclic) bond motifs is 1. The highest BCUT2D eigenvalue weighted by Gasteiger charge is 2.32. The van der Waals surface area contributed by atoms with Gasteiger partial charge in [0.15, 0.2) is 6.10 Å². The van der Waals surface area contributed by atoms with Crippen LogP contribution in [0.3, 0.4) is 0 Å². The van der Waals surface area contributed by atoms with Gasteiger partial charge in [-0.05, 0) is 31.5 Å². The molecule has 0 aliphatic carbocycles. The third-order valence-electron chi connectivity index (χ3n) is 2.64. The van der Waals surface area contributed by atoms with Crippen molar-refractivity contribution >= 4 is 17.5 Å². The molecule has 0 saturated carbocycles. The molecular formula is C12H14N2O3. The molecule has 90 valence electrons. The molecule has 0 spiro atoms. The number of carbonyl (C=O) groups is 2. The minimum atomic E-state index is -0.593. The Kier molecular flexibility index (Phi) is 2.75. The fraction of sp³-hybridized carbons (Fsp3) is 0.333. The van der Waals surface area contributed by atoms with Crippen LogP contribution < -0.4 is 15.4 Å². The number of hydrogen-bond donors (Lipinski definition) is 1. The number of benzene rings is 1. The van der Waals surface area contributed by atoms with E-state index in [4.69, 9.17) is 10.5 Å². The van der Waals surface area contributed by atoms with Crippen LogP contribution in [0.5, 0.6) is 5.75 Å². The van der Waals surface area contributed by atoms with Crippen molar-refractivity contribution in [1.82, 2.24) is 0 Å². The Morgan fingerprint density at radius 2 is 2.24 bits per heavy atom. The van der Waals surface area contributed by atoms with Gasteiger partial charge in [-0.3, -0.25) is 14.5 Å². The molecule has 0 aromatic heterocycles. The Balaban J connectivity index is 2.46. The van der Waals surface area contributed by atoms with Crippen LogP contribution in [-0.2, 0) is 9.59 Å². The lowest BCUT2D eigenvalue weighted by Gasteiger charge is -2.32. The van der Waals surface area contributed by atoms with Gasteiger partial charge in [0.05, 0.1) is 5.69 Å². The summed E-state index contributed by atoms with van der Waals surface area (Å²) in [5, 5.41) is 0. The van der Waals surface area contributed by atoms with Crippen molar-refractivity contribution in [2.75, 3.05) is 11.4 Å². The molecule has 1 aromatic rings. The van der Waals surface area contributed by atoms with Crippen LogP contribution in [-0.4, -0.2) is 24.5 Å². The monoisotopic (exact) mass is 234 g/mol. The largest absolute Gasteiger partial charge is 0.479 e. The van der Waals surface area contributed by atoms with Crippen LogP contribution in [0.4, 0.5) is 5.69 Å². The van der Waals surface area contributed by atoms with E-state index in [0.717, 1.165) is 5.56 Å². The van der Waals surface area contributed by atoms with E-state index in [1.165, 1.54) is 4.90 Å². The normalized spacial score (nSPS) is 18.6. The molecular weight excluding hydrogens is 220 g/mol. The van der Waals surface area contributed by atoms with E-state index in [2.05, 4.69) is 0 Å². The Morgan fingerprint density at radius 3 is 2.88 bits per heavy atom. The summed E-state index contributed by atoms with van der Waals surface area (Å²) in [4.78, 5) is 24.3. The lowest BCUT2D eigenvalue weighted by atomic mass is 10.1. The second-order valence-electron chi connectivity index (χ2n) is 4.12. The zero-order valence-electron chi connectivity index (χ0n) is 9.77. The highest BCUT2D eigenvalue weighted by atomic mass is 16.5. The van der Waals surface area contributed by atoms with Gasteiger partial charge in [0.2, 0.25) is 5.91 Å². The molecule has 2 rings (SSSR count). The predicted molar refractivity (Wildman–Crippen MR) is 62.8 cm³/mol. The molecule has 0 fully saturated rings. The number of anilines is 1. The standard InChI is InChI=1S/C12H14N2O3/c1-7-3-4-10-9(5-7)14(6-11(13)15)12(16)8(2)17-10/h3-5,8H,6H2,1-2H3,(H2,13,15)/t8-/m0/s1. The average Bonchev–Trinajstić information content (AvgIpc) is 2.25. The Hall–Kier alpha value is -2.04. The van der Waals surface area contributed by atoms with E-state index >= 15 is 0 Å². The summed E-state index contributed by atoms with van der Waals surface area (Å²) in [6.45, 7) is 3.44. The summed E-state index contributed by atoms with van der Waals surface area (Å²) in [6.07, 6.45) is -0.593. The molecule has 0 bridgehead atoms. The van der Waals surface area contributed by atoms with E-state index in [1.807, 2.05) is 19.1 Å². The van der Waals surface area contributed by atoms with Crippen molar-refractivity contribution < 1.29 is 14.3 Å². The maximum atomic E-state index is 11.9. The van der Waals surface area contributed by atoms with Crippen molar-refractivity contribution in [3.05, 3.63) is 23.8 Å². The number of primary amides is 1. The molecule has 0 unspecified atom stereocenters. The molecule has 5 heteroatoms. The molecule has 0 saturated heterocycles. The Labute approximate surface area is 99.2 Å². The second kappa shape index (κ2) is 4.08. The topological polar surface area (TPSA) is 72.6 Å². The highest BCUT2D eigenvalue weighted by molar-refractivity contribution is 6.03. The summed E-state index contributed by atoms with van der Waals surface area (Å²) in [5.74, 6) is -0.189. The van der Waals surface area contributed by atoms with Crippen LogP contribution in [0.1, 0.15) is 12.5 Å². The van der Waals surface area contributed by atoms with Crippen molar-refractivity contribution in [1.29, 1.82) is 0 Å². The average molecular weight is 234 g/mol. The van der Waals surface area contributed by atoms with Crippen LogP contribution >= 0.6 is 0 Å². The van der Waals surface area contributed by atoms with Gasteiger partial charge in [-0.25, -0.2) is 0 Å². The lowest BCUT2D eigenvalue weighted by molar-refractivity contribution is -0.127. The molecule has 1 aromatic carbocycles. The fourth-order valence-electron chi connectivity index (χ4n) is 1.84. The van der Waals surface area contributed by atoms with Crippen molar-refractivity contribution in [3.8, 4) is 5.75 Å². The van der Waals surface area contributed by atoms with Crippen molar-refractivity contribution in [3.63, 3.8) is 0 Å². The molecule has 0 radical (unpaired) electrons. The number of hydrogen-bond acceptors (Lipinski definition) is 3. The Morgan fingerprint density at radius 1 is 1.53 bits per heavy atom. The molecule has 1 aliphatic rings. The third kappa shape index (κ3) is 2.08. The third-order valence-corrected chi connectivity index (χ3v) is 2.64. The first kappa shape index (κ1) is 11.4. The van der Waals surface area contributed by atoms with Gasteiger partial charge in [-0.2, -0.15) is 0 Å². The number of carbonyl (C=O) groups excluding carboxylic acids is 2. The molecule has 2 N–H and O–H groups in total. The number of rotatable bonds is 2. The van der Waals surface area contributed by atoms with Crippen molar-refractivity contribution in [2.24, 2.45) is 5.73 Å².